The van der Waals surface area contributed by atoms with Gasteiger partial charge in [0.1, 0.15) is 11.0 Å². The molecule has 0 spiro atoms. The number of unbranched alkanes of at least 4 members (excludes halogenated alkanes) is 2. The van der Waals surface area contributed by atoms with Crippen LogP contribution in [0.2, 0.25) is 0 Å². The van der Waals surface area contributed by atoms with Crippen molar-refractivity contribution in [2.45, 2.75) is 45.0 Å². The van der Waals surface area contributed by atoms with Crippen LogP contribution in [-0.4, -0.2) is 43.3 Å². The average molecular weight is 382 g/mol. The van der Waals surface area contributed by atoms with Gasteiger partial charge in [-0.15, -0.1) is 0 Å². The molecule has 2 rings (SSSR count). The van der Waals surface area contributed by atoms with Crippen LogP contribution in [-0.2, 0) is 0 Å². The summed E-state index contributed by atoms with van der Waals surface area (Å²) >= 11 is 6.56. The lowest BCUT2D eigenvalue weighted by molar-refractivity contribution is 0.330. The van der Waals surface area contributed by atoms with E-state index in [0.717, 1.165) is 31.1 Å². The number of ether oxygens (including phenoxy) is 3. The first-order valence-corrected chi connectivity index (χ1v) is 9.43. The van der Waals surface area contributed by atoms with Crippen molar-refractivity contribution in [2.75, 3.05) is 32.8 Å². The Morgan fingerprint density at radius 2 is 1.88 bits per heavy atom. The summed E-state index contributed by atoms with van der Waals surface area (Å²) in [7, 11) is 5.09. The van der Waals surface area contributed by atoms with Gasteiger partial charge < -0.3 is 19.1 Å². The molecule has 26 heavy (non-hydrogen) atoms. The number of halogens is 1. The van der Waals surface area contributed by atoms with Gasteiger partial charge in [0.2, 0.25) is 11.8 Å². The molecule has 0 fully saturated rings. The van der Waals surface area contributed by atoms with E-state index >= 15 is 0 Å². The Labute approximate surface area is 160 Å². The lowest BCUT2D eigenvalue weighted by Gasteiger charge is -2.24. The van der Waals surface area contributed by atoms with E-state index < -0.39 is 0 Å². The molecular formula is C19H28ClN3O3. The molecule has 0 N–H and O–H groups in total. The van der Waals surface area contributed by atoms with Crippen LogP contribution >= 0.6 is 11.6 Å². The minimum absolute atomic E-state index is 0.190. The molecule has 7 heteroatoms. The fourth-order valence-electron chi connectivity index (χ4n) is 2.76. The fraction of sp³-hybridized carbons (Fsp3) is 0.579. The molecule has 1 atom stereocenters. The standard InChI is InChI=1S/C19H28ClN3O3/c1-6-8-9-10-15(20)23(3)19-21-16-13(18(22-19)26-7-2)11-12-14(24-4)17(16)25-5/h11-12,15H,6-10H2,1-5H3. The third-order valence-corrected chi connectivity index (χ3v) is 4.74. The van der Waals surface area contributed by atoms with E-state index in [2.05, 4.69) is 11.9 Å². The predicted octanol–water partition coefficient (Wildman–Crippen LogP) is 4.63. The Balaban J connectivity index is 2.49. The number of methoxy groups -OCH3 is 2. The summed E-state index contributed by atoms with van der Waals surface area (Å²) in [5, 5.41) is 0.777. The zero-order valence-corrected chi connectivity index (χ0v) is 17.0. The van der Waals surface area contributed by atoms with E-state index in [9.17, 15) is 0 Å². The summed E-state index contributed by atoms with van der Waals surface area (Å²) in [6, 6.07) is 3.70. The van der Waals surface area contributed by atoms with Crippen LogP contribution in [0.25, 0.3) is 10.9 Å². The number of hydrogen-bond acceptors (Lipinski definition) is 6. The SMILES string of the molecule is CCCCCC(Cl)N(C)c1nc(OCC)c2ccc(OC)c(OC)c2n1. The topological polar surface area (TPSA) is 56.7 Å². The highest BCUT2D eigenvalue weighted by Gasteiger charge is 2.21. The second-order valence-corrected chi connectivity index (χ2v) is 6.50. The number of rotatable bonds is 10. The van der Waals surface area contributed by atoms with Gasteiger partial charge in [-0.05, 0) is 25.5 Å². The van der Waals surface area contributed by atoms with Crippen molar-refractivity contribution < 1.29 is 14.2 Å². The number of fused-ring (bicyclic) bond motifs is 1. The number of alkyl halides is 1. The molecule has 0 amide bonds. The zero-order chi connectivity index (χ0) is 19.1. The van der Waals surface area contributed by atoms with Crippen molar-refractivity contribution in [1.82, 2.24) is 9.97 Å². The van der Waals surface area contributed by atoms with Crippen molar-refractivity contribution in [1.29, 1.82) is 0 Å². The Kier molecular flexibility index (Phi) is 7.57. The van der Waals surface area contributed by atoms with Crippen LogP contribution in [0.15, 0.2) is 12.1 Å². The number of aromatic nitrogens is 2. The van der Waals surface area contributed by atoms with Crippen molar-refractivity contribution in [3.05, 3.63) is 12.1 Å². The smallest absolute Gasteiger partial charge is 0.230 e. The molecular weight excluding hydrogens is 354 g/mol. The molecule has 0 aliphatic heterocycles. The van der Waals surface area contributed by atoms with Gasteiger partial charge in [0.25, 0.3) is 0 Å². The highest BCUT2D eigenvalue weighted by atomic mass is 35.5. The highest BCUT2D eigenvalue weighted by molar-refractivity contribution is 6.21. The van der Waals surface area contributed by atoms with E-state index in [1.165, 1.54) is 0 Å². The first kappa shape index (κ1) is 20.4. The third-order valence-electron chi connectivity index (χ3n) is 4.23. The van der Waals surface area contributed by atoms with Crippen molar-refractivity contribution >= 4 is 28.5 Å². The largest absolute Gasteiger partial charge is 0.493 e. The number of nitrogens with zero attached hydrogens (tertiary/aromatic N) is 3. The van der Waals surface area contributed by atoms with Crippen LogP contribution in [0.5, 0.6) is 17.4 Å². The molecule has 0 radical (unpaired) electrons. The van der Waals surface area contributed by atoms with E-state index in [-0.39, 0.29) is 5.50 Å². The second kappa shape index (κ2) is 9.67. The van der Waals surface area contributed by atoms with E-state index in [4.69, 9.17) is 30.8 Å². The van der Waals surface area contributed by atoms with Gasteiger partial charge in [-0.3, -0.25) is 0 Å². The van der Waals surface area contributed by atoms with Crippen LogP contribution in [0, 0.1) is 0 Å². The quantitative estimate of drug-likeness (QED) is 0.340. The van der Waals surface area contributed by atoms with Crippen molar-refractivity contribution in [3.8, 4) is 17.4 Å². The van der Waals surface area contributed by atoms with Gasteiger partial charge in [-0.1, -0.05) is 37.8 Å². The first-order valence-electron chi connectivity index (χ1n) is 8.99. The maximum absolute atomic E-state index is 6.56. The Morgan fingerprint density at radius 1 is 1.12 bits per heavy atom. The molecule has 144 valence electrons. The molecule has 0 aliphatic rings. The van der Waals surface area contributed by atoms with Crippen LogP contribution in [0.1, 0.15) is 39.5 Å². The maximum atomic E-state index is 6.56. The third kappa shape index (κ3) is 4.41. The summed E-state index contributed by atoms with van der Waals surface area (Å²) in [4.78, 5) is 11.1. The minimum Gasteiger partial charge on any atom is -0.493 e. The maximum Gasteiger partial charge on any atom is 0.230 e. The van der Waals surface area contributed by atoms with Gasteiger partial charge in [-0.2, -0.15) is 4.98 Å². The van der Waals surface area contributed by atoms with Gasteiger partial charge in [-0.25, -0.2) is 4.98 Å². The zero-order valence-electron chi connectivity index (χ0n) is 16.2. The second-order valence-electron chi connectivity index (χ2n) is 6.00. The van der Waals surface area contributed by atoms with E-state index in [1.807, 2.05) is 31.0 Å². The molecule has 2 aromatic rings. The Hall–Kier alpha value is -1.95. The van der Waals surface area contributed by atoms with Crippen LogP contribution in [0.4, 0.5) is 5.95 Å². The lowest BCUT2D eigenvalue weighted by atomic mass is 10.2. The Bertz CT molecular complexity index is 727. The molecule has 0 bridgehead atoms. The van der Waals surface area contributed by atoms with Crippen LogP contribution < -0.4 is 19.1 Å². The van der Waals surface area contributed by atoms with Crippen molar-refractivity contribution in [3.63, 3.8) is 0 Å². The molecule has 6 nitrogen and oxygen atoms in total. The molecule has 0 aliphatic carbocycles. The first-order chi connectivity index (χ1) is 12.6. The molecule has 0 saturated heterocycles. The van der Waals surface area contributed by atoms with Gasteiger partial charge in [0, 0.05) is 7.05 Å². The van der Waals surface area contributed by atoms with Crippen molar-refractivity contribution in [2.24, 2.45) is 0 Å². The van der Waals surface area contributed by atoms with E-state index in [0.29, 0.717) is 35.5 Å². The van der Waals surface area contributed by atoms with E-state index in [1.54, 1.807) is 14.2 Å². The summed E-state index contributed by atoms with van der Waals surface area (Å²) in [6.45, 7) is 4.60. The number of benzene rings is 1. The normalized spacial score (nSPS) is 12.1. The monoisotopic (exact) mass is 381 g/mol. The van der Waals surface area contributed by atoms with Gasteiger partial charge >= 0.3 is 0 Å². The highest BCUT2D eigenvalue weighted by Crippen LogP contribution is 2.38. The summed E-state index contributed by atoms with van der Waals surface area (Å²) in [5.74, 6) is 2.18. The average Bonchev–Trinajstić information content (AvgIpc) is 2.66. The Morgan fingerprint density at radius 3 is 2.50 bits per heavy atom. The molecule has 1 unspecified atom stereocenters. The molecule has 1 heterocycles. The molecule has 1 aromatic carbocycles. The number of hydrogen-bond donors (Lipinski definition) is 0. The minimum atomic E-state index is -0.190. The van der Waals surface area contributed by atoms with Crippen LogP contribution in [0.3, 0.4) is 0 Å². The summed E-state index contributed by atoms with van der Waals surface area (Å²) < 4.78 is 16.7. The molecule has 0 saturated carbocycles. The number of anilines is 1. The summed E-state index contributed by atoms with van der Waals surface area (Å²) in [6.07, 6.45) is 4.25. The lowest BCUT2D eigenvalue weighted by Crippen LogP contribution is -2.28. The fourth-order valence-corrected chi connectivity index (χ4v) is 3.00. The van der Waals surface area contributed by atoms with Gasteiger partial charge in [0.05, 0.1) is 26.2 Å². The van der Waals surface area contributed by atoms with Gasteiger partial charge in [0.15, 0.2) is 11.5 Å². The molecule has 1 aromatic heterocycles. The predicted molar refractivity (Wildman–Crippen MR) is 106 cm³/mol. The summed E-state index contributed by atoms with van der Waals surface area (Å²) in [5.41, 5.74) is 0.453.